The van der Waals surface area contributed by atoms with Crippen molar-refractivity contribution in [2.75, 3.05) is 6.61 Å². The van der Waals surface area contributed by atoms with Gasteiger partial charge in [0, 0.05) is 6.08 Å². The largest absolute Gasteiger partial charge is 0.489 e. The predicted octanol–water partition coefficient (Wildman–Crippen LogP) is 3.31. The molecule has 0 aromatic heterocycles. The Kier molecular flexibility index (Phi) is 4.54. The number of hydrogen-bond acceptors (Lipinski definition) is 2. The van der Waals surface area contributed by atoms with Gasteiger partial charge in [-0.15, -0.1) is 0 Å². The molecule has 0 amide bonds. The highest BCUT2D eigenvalue weighted by atomic mass is 16.5. The molecule has 3 nitrogen and oxygen atoms in total. The summed E-state index contributed by atoms with van der Waals surface area (Å²) in [5.74, 6) is -0.151. The van der Waals surface area contributed by atoms with Crippen molar-refractivity contribution in [3.05, 3.63) is 41.5 Å². The minimum Gasteiger partial charge on any atom is -0.489 e. The van der Waals surface area contributed by atoms with Crippen molar-refractivity contribution in [2.24, 2.45) is 0 Å². The quantitative estimate of drug-likeness (QED) is 0.831. The smallest absolute Gasteiger partial charge is 0.328 e. The van der Waals surface area contributed by atoms with Crippen LogP contribution in [0.25, 0.3) is 0 Å². The number of rotatable bonds is 4. The number of carboxylic acids is 1. The van der Waals surface area contributed by atoms with Gasteiger partial charge >= 0.3 is 5.97 Å². The number of hydrogen-bond donors (Lipinski definition) is 1. The van der Waals surface area contributed by atoms with Crippen LogP contribution >= 0.6 is 0 Å². The molecule has 18 heavy (non-hydrogen) atoms. The molecule has 0 spiro atoms. The van der Waals surface area contributed by atoms with E-state index in [2.05, 4.69) is 26.8 Å². The maximum atomic E-state index is 10.3. The Balaban J connectivity index is 2.85. The molecule has 98 valence electrons. The van der Waals surface area contributed by atoms with Crippen molar-refractivity contribution in [3.8, 4) is 5.75 Å². The van der Waals surface area contributed by atoms with Crippen molar-refractivity contribution in [2.45, 2.75) is 33.1 Å². The molecule has 0 saturated heterocycles. The van der Waals surface area contributed by atoms with Crippen molar-refractivity contribution < 1.29 is 14.6 Å². The Labute approximate surface area is 108 Å². The third-order valence-electron chi connectivity index (χ3n) is 2.54. The Morgan fingerprint density at radius 1 is 1.39 bits per heavy atom. The van der Waals surface area contributed by atoms with Crippen molar-refractivity contribution >= 4 is 5.97 Å². The van der Waals surface area contributed by atoms with E-state index in [0.717, 1.165) is 17.4 Å². The molecule has 0 aliphatic carbocycles. The van der Waals surface area contributed by atoms with Crippen LogP contribution in [0, 0.1) is 6.92 Å². The van der Waals surface area contributed by atoms with E-state index in [4.69, 9.17) is 9.84 Å². The molecular weight excluding hydrogens is 228 g/mol. The van der Waals surface area contributed by atoms with E-state index >= 15 is 0 Å². The van der Waals surface area contributed by atoms with Gasteiger partial charge in [-0.1, -0.05) is 38.5 Å². The fourth-order valence-electron chi connectivity index (χ4n) is 1.64. The van der Waals surface area contributed by atoms with Crippen LogP contribution < -0.4 is 4.74 Å². The summed E-state index contributed by atoms with van der Waals surface area (Å²) in [6, 6.07) is 6.03. The third kappa shape index (κ3) is 4.24. The van der Waals surface area contributed by atoms with Crippen LogP contribution in [0.4, 0.5) is 0 Å². The van der Waals surface area contributed by atoms with Gasteiger partial charge in [0.2, 0.25) is 0 Å². The number of carboxylic acid groups (broad SMARTS) is 1. The van der Waals surface area contributed by atoms with E-state index in [1.807, 2.05) is 19.1 Å². The summed E-state index contributed by atoms with van der Waals surface area (Å²) in [4.78, 5) is 10.3. The molecule has 0 atom stereocenters. The lowest BCUT2D eigenvalue weighted by molar-refractivity contribution is -0.131. The number of ether oxygens (including phenoxy) is 1. The highest BCUT2D eigenvalue weighted by Gasteiger charge is 2.18. The molecule has 1 aromatic carbocycles. The van der Waals surface area contributed by atoms with E-state index in [0.29, 0.717) is 0 Å². The first-order valence-corrected chi connectivity index (χ1v) is 5.94. The minimum atomic E-state index is -0.960. The van der Waals surface area contributed by atoms with Crippen LogP contribution in [0.1, 0.15) is 31.9 Å². The number of carbonyl (C=O) groups is 1. The maximum absolute atomic E-state index is 10.3. The lowest BCUT2D eigenvalue weighted by Crippen LogP contribution is -2.14. The number of aliphatic carboxylic acids is 1. The molecule has 0 aliphatic heterocycles. The van der Waals surface area contributed by atoms with Gasteiger partial charge in [-0.3, -0.25) is 0 Å². The lowest BCUT2D eigenvalue weighted by atomic mass is 9.85. The Morgan fingerprint density at radius 3 is 2.61 bits per heavy atom. The molecule has 0 radical (unpaired) electrons. The molecule has 1 rings (SSSR count). The zero-order valence-corrected chi connectivity index (χ0v) is 11.4. The van der Waals surface area contributed by atoms with Gasteiger partial charge in [-0.05, 0) is 30.0 Å². The zero-order chi connectivity index (χ0) is 13.8. The van der Waals surface area contributed by atoms with E-state index in [1.165, 1.54) is 11.6 Å². The number of benzene rings is 1. The molecule has 0 heterocycles. The van der Waals surface area contributed by atoms with Crippen LogP contribution in [0.15, 0.2) is 30.4 Å². The molecule has 1 N–H and O–H groups in total. The normalized spacial score (nSPS) is 11.8. The Morgan fingerprint density at radius 2 is 2.06 bits per heavy atom. The summed E-state index contributed by atoms with van der Waals surface area (Å²) >= 11 is 0. The van der Waals surface area contributed by atoms with Gasteiger partial charge in [0.1, 0.15) is 12.4 Å². The highest BCUT2D eigenvalue weighted by Crippen LogP contribution is 2.32. The fourth-order valence-corrected chi connectivity index (χ4v) is 1.64. The standard InChI is InChI=1S/C15H20O3/c1-11-7-8-13(12(10-11)15(2,3)4)18-9-5-6-14(16)17/h5-8,10H,9H2,1-4H3,(H,16,17)/b6-5+. The molecule has 0 bridgehead atoms. The van der Waals surface area contributed by atoms with E-state index < -0.39 is 5.97 Å². The summed E-state index contributed by atoms with van der Waals surface area (Å²) < 4.78 is 5.62. The summed E-state index contributed by atoms with van der Waals surface area (Å²) in [7, 11) is 0. The van der Waals surface area contributed by atoms with Crippen LogP contribution in [0.2, 0.25) is 0 Å². The molecular formula is C15H20O3. The van der Waals surface area contributed by atoms with E-state index in [1.54, 1.807) is 0 Å². The first kappa shape index (κ1) is 14.3. The van der Waals surface area contributed by atoms with Crippen LogP contribution in [-0.4, -0.2) is 17.7 Å². The predicted molar refractivity (Wildman–Crippen MR) is 72.1 cm³/mol. The average Bonchev–Trinajstić information content (AvgIpc) is 2.24. The lowest BCUT2D eigenvalue weighted by Gasteiger charge is -2.23. The van der Waals surface area contributed by atoms with Gasteiger partial charge in [0.05, 0.1) is 0 Å². The molecule has 0 aliphatic rings. The average molecular weight is 248 g/mol. The Bertz CT molecular complexity index is 453. The van der Waals surface area contributed by atoms with Gasteiger partial charge in [-0.2, -0.15) is 0 Å². The molecule has 0 unspecified atom stereocenters. The summed E-state index contributed by atoms with van der Waals surface area (Å²) in [6.07, 6.45) is 2.58. The molecule has 1 aromatic rings. The molecule has 0 saturated carbocycles. The Hall–Kier alpha value is -1.77. The highest BCUT2D eigenvalue weighted by molar-refractivity contribution is 5.79. The van der Waals surface area contributed by atoms with Crippen molar-refractivity contribution in [3.63, 3.8) is 0 Å². The zero-order valence-electron chi connectivity index (χ0n) is 11.4. The molecule has 3 heteroatoms. The van der Waals surface area contributed by atoms with Crippen LogP contribution in [0.3, 0.4) is 0 Å². The van der Waals surface area contributed by atoms with E-state index in [-0.39, 0.29) is 12.0 Å². The summed E-state index contributed by atoms with van der Waals surface area (Å²) in [6.45, 7) is 8.69. The number of aryl methyl sites for hydroxylation is 1. The van der Waals surface area contributed by atoms with Gasteiger partial charge in [0.25, 0.3) is 0 Å². The third-order valence-corrected chi connectivity index (χ3v) is 2.54. The second-order valence-electron chi connectivity index (χ2n) is 5.30. The monoisotopic (exact) mass is 248 g/mol. The van der Waals surface area contributed by atoms with Crippen LogP contribution in [0.5, 0.6) is 5.75 Å². The molecule has 0 fully saturated rings. The summed E-state index contributed by atoms with van der Waals surface area (Å²) in [5.41, 5.74) is 2.32. The van der Waals surface area contributed by atoms with Crippen molar-refractivity contribution in [1.29, 1.82) is 0 Å². The maximum Gasteiger partial charge on any atom is 0.328 e. The van der Waals surface area contributed by atoms with Crippen LogP contribution in [-0.2, 0) is 10.2 Å². The summed E-state index contributed by atoms with van der Waals surface area (Å²) in [5, 5.41) is 8.49. The topological polar surface area (TPSA) is 46.5 Å². The fraction of sp³-hybridized carbons (Fsp3) is 0.400. The van der Waals surface area contributed by atoms with E-state index in [9.17, 15) is 4.79 Å². The first-order chi connectivity index (χ1) is 8.30. The SMILES string of the molecule is Cc1ccc(OC/C=C/C(=O)O)c(C(C)(C)C)c1. The van der Waals surface area contributed by atoms with Gasteiger partial charge < -0.3 is 9.84 Å². The second kappa shape index (κ2) is 5.71. The van der Waals surface area contributed by atoms with Gasteiger partial charge in [0.15, 0.2) is 0 Å². The minimum absolute atomic E-state index is 0.00212. The second-order valence-corrected chi connectivity index (χ2v) is 5.30. The first-order valence-electron chi connectivity index (χ1n) is 5.94. The van der Waals surface area contributed by atoms with Crippen molar-refractivity contribution in [1.82, 2.24) is 0 Å². The van der Waals surface area contributed by atoms with Gasteiger partial charge in [-0.25, -0.2) is 4.79 Å².